The summed E-state index contributed by atoms with van der Waals surface area (Å²) < 4.78 is 1.02. The van der Waals surface area contributed by atoms with E-state index in [0.29, 0.717) is 0 Å². The molecule has 1 aromatic rings. The maximum Gasteiger partial charge on any atom is 0.246 e. The highest BCUT2D eigenvalue weighted by atomic mass is 79.9. The van der Waals surface area contributed by atoms with Crippen LogP contribution in [0.3, 0.4) is 0 Å². The van der Waals surface area contributed by atoms with Crippen LogP contribution in [0.5, 0.6) is 0 Å². The Labute approximate surface area is 141 Å². The summed E-state index contributed by atoms with van der Waals surface area (Å²) >= 11 is 3.51. The zero-order valence-electron chi connectivity index (χ0n) is 12.9. The molecule has 1 saturated carbocycles. The summed E-state index contributed by atoms with van der Waals surface area (Å²) in [6.07, 6.45) is 9.03. The van der Waals surface area contributed by atoms with E-state index in [-0.39, 0.29) is 5.91 Å². The van der Waals surface area contributed by atoms with E-state index in [1.54, 1.807) is 6.08 Å². The van der Waals surface area contributed by atoms with Crippen molar-refractivity contribution < 1.29 is 4.79 Å². The van der Waals surface area contributed by atoms with Gasteiger partial charge in [0.25, 0.3) is 0 Å². The molecule has 4 heteroatoms. The molecule has 1 aliphatic carbocycles. The van der Waals surface area contributed by atoms with Gasteiger partial charge in [0, 0.05) is 42.8 Å². The van der Waals surface area contributed by atoms with Gasteiger partial charge in [-0.2, -0.15) is 0 Å². The van der Waals surface area contributed by atoms with Crippen LogP contribution in [-0.4, -0.2) is 47.9 Å². The van der Waals surface area contributed by atoms with Gasteiger partial charge in [-0.3, -0.25) is 9.69 Å². The Morgan fingerprint density at radius 3 is 2.45 bits per heavy atom. The quantitative estimate of drug-likeness (QED) is 0.767. The fraction of sp³-hybridized carbons (Fsp3) is 0.500. The Balaban J connectivity index is 1.52. The summed E-state index contributed by atoms with van der Waals surface area (Å²) in [4.78, 5) is 16.9. The number of benzene rings is 1. The monoisotopic (exact) mass is 362 g/mol. The Kier molecular flexibility index (Phi) is 5.32. The molecule has 2 fully saturated rings. The van der Waals surface area contributed by atoms with Gasteiger partial charge in [-0.1, -0.05) is 47.0 Å². The molecule has 0 aromatic heterocycles. The third-order valence-corrected chi connectivity index (χ3v) is 5.50. The summed E-state index contributed by atoms with van der Waals surface area (Å²) in [5, 5.41) is 0. The number of amides is 1. The lowest BCUT2D eigenvalue weighted by atomic mass is 10.1. The molecular formula is C18H23BrN2O. The fourth-order valence-corrected chi connectivity index (χ4v) is 3.87. The highest BCUT2D eigenvalue weighted by Crippen LogP contribution is 2.24. The summed E-state index contributed by atoms with van der Waals surface area (Å²) in [5.74, 6) is 0.127. The first-order valence-corrected chi connectivity index (χ1v) is 8.99. The normalized spacial score (nSPS) is 20.9. The van der Waals surface area contributed by atoms with Gasteiger partial charge in [0.2, 0.25) is 5.91 Å². The molecule has 1 aliphatic heterocycles. The molecule has 1 amide bonds. The zero-order valence-corrected chi connectivity index (χ0v) is 14.5. The van der Waals surface area contributed by atoms with Crippen LogP contribution in [0.4, 0.5) is 0 Å². The first kappa shape index (κ1) is 15.8. The van der Waals surface area contributed by atoms with E-state index in [0.717, 1.165) is 42.3 Å². The number of hydrogen-bond acceptors (Lipinski definition) is 2. The van der Waals surface area contributed by atoms with Gasteiger partial charge in [0.15, 0.2) is 0 Å². The average molecular weight is 363 g/mol. The molecule has 22 heavy (non-hydrogen) atoms. The average Bonchev–Trinajstić information content (AvgIpc) is 3.08. The number of nitrogens with zero attached hydrogens (tertiary/aromatic N) is 2. The Morgan fingerprint density at radius 1 is 1.09 bits per heavy atom. The van der Waals surface area contributed by atoms with Gasteiger partial charge in [0.1, 0.15) is 0 Å². The molecule has 118 valence electrons. The van der Waals surface area contributed by atoms with E-state index >= 15 is 0 Å². The Bertz CT molecular complexity index is 544. The molecule has 0 radical (unpaired) electrons. The second kappa shape index (κ2) is 7.42. The van der Waals surface area contributed by atoms with Crippen LogP contribution in [0.2, 0.25) is 0 Å². The van der Waals surface area contributed by atoms with Gasteiger partial charge in [-0.25, -0.2) is 0 Å². The molecule has 3 nitrogen and oxygen atoms in total. The number of hydrogen-bond donors (Lipinski definition) is 0. The molecule has 3 rings (SSSR count). The number of carbonyl (C=O) groups is 1. The smallest absolute Gasteiger partial charge is 0.246 e. The van der Waals surface area contributed by atoms with Gasteiger partial charge >= 0.3 is 0 Å². The number of halogens is 1. The van der Waals surface area contributed by atoms with Crippen molar-refractivity contribution in [2.45, 2.75) is 31.7 Å². The second-order valence-corrected chi connectivity index (χ2v) is 7.01. The van der Waals surface area contributed by atoms with Crippen LogP contribution >= 0.6 is 15.9 Å². The van der Waals surface area contributed by atoms with E-state index in [2.05, 4.69) is 20.8 Å². The lowest BCUT2D eigenvalue weighted by molar-refractivity contribution is -0.127. The summed E-state index contributed by atoms with van der Waals surface area (Å²) in [6.45, 7) is 3.77. The Morgan fingerprint density at radius 2 is 1.77 bits per heavy atom. The van der Waals surface area contributed by atoms with E-state index in [1.165, 1.54) is 25.7 Å². The van der Waals surface area contributed by atoms with Crippen LogP contribution in [0.25, 0.3) is 6.08 Å². The second-order valence-electron chi connectivity index (χ2n) is 6.15. The first-order chi connectivity index (χ1) is 10.7. The van der Waals surface area contributed by atoms with Gasteiger partial charge in [0.05, 0.1) is 0 Å². The molecular weight excluding hydrogens is 340 g/mol. The fourth-order valence-electron chi connectivity index (χ4n) is 3.45. The van der Waals surface area contributed by atoms with Crippen molar-refractivity contribution >= 4 is 27.9 Å². The SMILES string of the molecule is O=C(/C=C/c1ccccc1Br)N1CCN(C2CCCC2)CC1. The largest absolute Gasteiger partial charge is 0.337 e. The lowest BCUT2D eigenvalue weighted by Crippen LogP contribution is -2.51. The maximum atomic E-state index is 12.3. The van der Waals surface area contributed by atoms with Crippen LogP contribution in [0.15, 0.2) is 34.8 Å². The molecule has 0 atom stereocenters. The summed E-state index contributed by atoms with van der Waals surface area (Å²) in [7, 11) is 0. The molecule has 0 spiro atoms. The lowest BCUT2D eigenvalue weighted by Gasteiger charge is -2.37. The summed E-state index contributed by atoms with van der Waals surface area (Å²) in [6, 6.07) is 8.73. The standard InChI is InChI=1S/C18H23BrN2O/c19-17-8-4-1-5-15(17)9-10-18(22)21-13-11-20(12-14-21)16-6-2-3-7-16/h1,4-5,8-10,16H,2-3,6-7,11-14H2/b10-9+. The van der Waals surface area contributed by atoms with Crippen molar-refractivity contribution in [2.24, 2.45) is 0 Å². The van der Waals surface area contributed by atoms with E-state index in [1.807, 2.05) is 35.2 Å². The zero-order chi connectivity index (χ0) is 15.4. The van der Waals surface area contributed by atoms with E-state index in [4.69, 9.17) is 0 Å². The van der Waals surface area contributed by atoms with Crippen LogP contribution in [0, 0.1) is 0 Å². The van der Waals surface area contributed by atoms with Crippen molar-refractivity contribution in [3.05, 3.63) is 40.4 Å². The number of piperazine rings is 1. The summed E-state index contributed by atoms with van der Waals surface area (Å²) in [5.41, 5.74) is 1.04. The first-order valence-electron chi connectivity index (χ1n) is 8.19. The molecule has 1 saturated heterocycles. The van der Waals surface area contributed by atoms with Crippen LogP contribution < -0.4 is 0 Å². The van der Waals surface area contributed by atoms with E-state index in [9.17, 15) is 4.79 Å². The minimum absolute atomic E-state index is 0.127. The topological polar surface area (TPSA) is 23.6 Å². The minimum atomic E-state index is 0.127. The molecule has 1 heterocycles. The number of rotatable bonds is 3. The maximum absolute atomic E-state index is 12.3. The number of carbonyl (C=O) groups excluding carboxylic acids is 1. The van der Waals surface area contributed by atoms with Crippen molar-refractivity contribution in [1.29, 1.82) is 0 Å². The van der Waals surface area contributed by atoms with Gasteiger partial charge < -0.3 is 4.90 Å². The molecule has 0 bridgehead atoms. The highest BCUT2D eigenvalue weighted by Gasteiger charge is 2.27. The third kappa shape index (κ3) is 3.79. The Hall–Kier alpha value is -1.13. The van der Waals surface area contributed by atoms with Crippen LogP contribution in [0.1, 0.15) is 31.2 Å². The van der Waals surface area contributed by atoms with Gasteiger partial charge in [-0.15, -0.1) is 0 Å². The highest BCUT2D eigenvalue weighted by molar-refractivity contribution is 9.10. The van der Waals surface area contributed by atoms with Gasteiger partial charge in [-0.05, 0) is 30.5 Å². The predicted molar refractivity (Wildman–Crippen MR) is 93.6 cm³/mol. The van der Waals surface area contributed by atoms with Crippen molar-refractivity contribution in [1.82, 2.24) is 9.80 Å². The third-order valence-electron chi connectivity index (χ3n) is 4.78. The van der Waals surface area contributed by atoms with E-state index < -0.39 is 0 Å². The molecule has 2 aliphatic rings. The van der Waals surface area contributed by atoms with Crippen molar-refractivity contribution in [3.63, 3.8) is 0 Å². The molecule has 0 unspecified atom stereocenters. The van der Waals surface area contributed by atoms with Crippen LogP contribution in [-0.2, 0) is 4.79 Å². The molecule has 0 N–H and O–H groups in total. The minimum Gasteiger partial charge on any atom is -0.337 e. The molecule has 1 aromatic carbocycles. The van der Waals surface area contributed by atoms with Crippen molar-refractivity contribution in [2.75, 3.05) is 26.2 Å². The predicted octanol–water partition coefficient (Wildman–Crippen LogP) is 3.55. The van der Waals surface area contributed by atoms with Crippen molar-refractivity contribution in [3.8, 4) is 0 Å².